The van der Waals surface area contributed by atoms with E-state index >= 15 is 0 Å². The molecular weight excluding hydrogens is 338 g/mol. The Morgan fingerprint density at radius 2 is 2.00 bits per heavy atom. The molecule has 2 aromatic rings. The van der Waals surface area contributed by atoms with Crippen LogP contribution in [0.15, 0.2) is 24.3 Å². The van der Waals surface area contributed by atoms with Gasteiger partial charge in [-0.25, -0.2) is 4.98 Å². The zero-order valence-corrected chi connectivity index (χ0v) is 16.3. The molecule has 0 radical (unpaired) electrons. The highest BCUT2D eigenvalue weighted by Crippen LogP contribution is 2.43. The van der Waals surface area contributed by atoms with E-state index in [0.29, 0.717) is 5.95 Å². The third kappa shape index (κ3) is 3.34. The second-order valence-corrected chi connectivity index (χ2v) is 7.74. The number of hydrogen-bond acceptors (Lipinski definition) is 6. The topological polar surface area (TPSA) is 76.3 Å². The van der Waals surface area contributed by atoms with Crippen molar-refractivity contribution in [2.24, 2.45) is 0 Å². The number of hydrogen-bond donors (Lipinski definition) is 2. The van der Waals surface area contributed by atoms with Crippen LogP contribution in [0, 0.1) is 0 Å². The number of benzene rings is 1. The first-order chi connectivity index (χ1) is 13.1. The van der Waals surface area contributed by atoms with Gasteiger partial charge in [-0.3, -0.25) is 0 Å². The summed E-state index contributed by atoms with van der Waals surface area (Å²) in [5, 5.41) is 3.42. The van der Waals surface area contributed by atoms with Gasteiger partial charge in [0.05, 0.1) is 12.8 Å². The Balaban J connectivity index is 1.86. The Kier molecular flexibility index (Phi) is 4.91. The quantitative estimate of drug-likeness (QED) is 0.812. The van der Waals surface area contributed by atoms with E-state index in [1.165, 1.54) is 11.1 Å². The Hall–Kier alpha value is -2.34. The predicted octanol–water partition coefficient (Wildman–Crippen LogP) is 2.51. The predicted molar refractivity (Wildman–Crippen MR) is 109 cm³/mol. The average Bonchev–Trinajstić information content (AvgIpc) is 2.88. The molecule has 2 heterocycles. The molecule has 1 aromatic carbocycles. The minimum absolute atomic E-state index is 0.194. The first-order valence-corrected chi connectivity index (χ1v) is 9.89. The Morgan fingerprint density at radius 3 is 2.78 bits per heavy atom. The first-order valence-electron chi connectivity index (χ1n) is 9.89. The van der Waals surface area contributed by atoms with Crippen molar-refractivity contribution in [3.63, 3.8) is 0 Å². The number of nitrogens with one attached hydrogen (secondary N) is 1. The molecule has 2 aliphatic rings. The van der Waals surface area contributed by atoms with E-state index in [2.05, 4.69) is 40.3 Å². The normalized spacial score (nSPS) is 22.8. The Labute approximate surface area is 161 Å². The maximum Gasteiger partial charge on any atom is 0.222 e. The van der Waals surface area contributed by atoms with Crippen molar-refractivity contribution < 1.29 is 4.74 Å². The number of anilines is 2. The Bertz CT molecular complexity index is 818. The van der Waals surface area contributed by atoms with Crippen LogP contribution >= 0.6 is 0 Å². The van der Waals surface area contributed by atoms with E-state index in [1.54, 1.807) is 7.11 Å². The van der Waals surface area contributed by atoms with Gasteiger partial charge in [0.1, 0.15) is 11.6 Å². The second kappa shape index (κ2) is 7.35. The SMILES string of the molecule is COc1cccc(C2(C)CCCCc3c(N4CCNCC4)nc(N)nc32)c1. The highest BCUT2D eigenvalue weighted by Gasteiger charge is 2.37. The van der Waals surface area contributed by atoms with E-state index in [4.69, 9.17) is 15.5 Å². The number of ether oxygens (including phenoxy) is 1. The molecule has 0 saturated carbocycles. The molecule has 3 N–H and O–H groups in total. The molecule has 0 spiro atoms. The van der Waals surface area contributed by atoms with Crippen molar-refractivity contribution in [1.82, 2.24) is 15.3 Å². The molecule has 0 bridgehead atoms. The van der Waals surface area contributed by atoms with Crippen molar-refractivity contribution in [2.45, 2.75) is 38.0 Å². The van der Waals surface area contributed by atoms with Crippen LogP contribution < -0.4 is 20.7 Å². The summed E-state index contributed by atoms with van der Waals surface area (Å²) in [6, 6.07) is 8.37. The smallest absolute Gasteiger partial charge is 0.222 e. The van der Waals surface area contributed by atoms with E-state index < -0.39 is 0 Å². The van der Waals surface area contributed by atoms with Crippen molar-refractivity contribution in [2.75, 3.05) is 43.9 Å². The van der Waals surface area contributed by atoms with Gasteiger partial charge in [0.25, 0.3) is 0 Å². The van der Waals surface area contributed by atoms with Gasteiger partial charge in [-0.1, -0.05) is 18.6 Å². The molecular formula is C21H29N5O. The summed E-state index contributed by atoms with van der Waals surface area (Å²) in [5.41, 5.74) is 9.61. The lowest BCUT2D eigenvalue weighted by Crippen LogP contribution is -2.44. The largest absolute Gasteiger partial charge is 0.497 e. The van der Waals surface area contributed by atoms with E-state index in [9.17, 15) is 0 Å². The van der Waals surface area contributed by atoms with Crippen LogP contribution in [-0.4, -0.2) is 43.3 Å². The molecule has 1 aliphatic heterocycles. The number of piperazine rings is 1. The van der Waals surface area contributed by atoms with E-state index in [0.717, 1.165) is 69.1 Å². The summed E-state index contributed by atoms with van der Waals surface area (Å²) < 4.78 is 5.48. The number of methoxy groups -OCH3 is 1. The van der Waals surface area contributed by atoms with E-state index in [1.807, 2.05) is 6.07 Å². The molecule has 1 unspecified atom stereocenters. The number of nitrogens with zero attached hydrogens (tertiary/aromatic N) is 3. The number of nitrogen functional groups attached to an aromatic ring is 1. The first kappa shape index (κ1) is 18.0. The van der Waals surface area contributed by atoms with Gasteiger partial charge in [0, 0.05) is 37.2 Å². The van der Waals surface area contributed by atoms with Crippen LogP contribution in [0.25, 0.3) is 0 Å². The Morgan fingerprint density at radius 1 is 1.19 bits per heavy atom. The molecule has 1 atom stereocenters. The van der Waals surface area contributed by atoms with Crippen molar-refractivity contribution >= 4 is 11.8 Å². The molecule has 4 rings (SSSR count). The van der Waals surface area contributed by atoms with Gasteiger partial charge < -0.3 is 20.7 Å². The van der Waals surface area contributed by atoms with Crippen LogP contribution in [0.1, 0.15) is 43.0 Å². The summed E-state index contributed by atoms with van der Waals surface area (Å²) in [5.74, 6) is 2.29. The summed E-state index contributed by atoms with van der Waals surface area (Å²) >= 11 is 0. The van der Waals surface area contributed by atoms with Gasteiger partial charge in [-0.2, -0.15) is 4.98 Å². The fourth-order valence-electron chi connectivity index (χ4n) is 4.46. The number of aromatic nitrogens is 2. The fraction of sp³-hybridized carbons (Fsp3) is 0.524. The minimum Gasteiger partial charge on any atom is -0.497 e. The van der Waals surface area contributed by atoms with Gasteiger partial charge >= 0.3 is 0 Å². The molecule has 1 aliphatic carbocycles. The van der Waals surface area contributed by atoms with Gasteiger partial charge in [-0.15, -0.1) is 0 Å². The standard InChI is InChI=1S/C21H29N5O/c1-21(15-6-5-7-16(14-15)27-2)9-4-3-8-17-18(21)24-20(22)25-19(17)26-12-10-23-11-13-26/h5-7,14,23H,3-4,8-13H2,1-2H3,(H2,22,24,25). The minimum atomic E-state index is -0.194. The molecule has 0 amide bonds. The highest BCUT2D eigenvalue weighted by atomic mass is 16.5. The lowest BCUT2D eigenvalue weighted by Gasteiger charge is -2.34. The molecule has 1 fully saturated rings. The fourth-order valence-corrected chi connectivity index (χ4v) is 4.46. The molecule has 1 aromatic heterocycles. The monoisotopic (exact) mass is 367 g/mol. The van der Waals surface area contributed by atoms with Crippen LogP contribution in [0.5, 0.6) is 5.75 Å². The van der Waals surface area contributed by atoms with Crippen molar-refractivity contribution in [1.29, 1.82) is 0 Å². The zero-order valence-electron chi connectivity index (χ0n) is 16.3. The maximum absolute atomic E-state index is 6.21. The average molecular weight is 367 g/mol. The molecule has 27 heavy (non-hydrogen) atoms. The third-order valence-electron chi connectivity index (χ3n) is 6.00. The van der Waals surface area contributed by atoms with Crippen molar-refractivity contribution in [3.05, 3.63) is 41.1 Å². The van der Waals surface area contributed by atoms with Crippen LogP contribution in [0.3, 0.4) is 0 Å². The van der Waals surface area contributed by atoms with Crippen LogP contribution in [-0.2, 0) is 11.8 Å². The maximum atomic E-state index is 6.21. The van der Waals surface area contributed by atoms with Gasteiger partial charge in [-0.05, 0) is 43.9 Å². The number of fused-ring (bicyclic) bond motifs is 1. The van der Waals surface area contributed by atoms with Gasteiger partial charge in [0.2, 0.25) is 5.95 Å². The lowest BCUT2D eigenvalue weighted by molar-refractivity contribution is 0.411. The molecule has 6 nitrogen and oxygen atoms in total. The lowest BCUT2D eigenvalue weighted by atomic mass is 9.75. The van der Waals surface area contributed by atoms with E-state index in [-0.39, 0.29) is 5.41 Å². The summed E-state index contributed by atoms with van der Waals surface area (Å²) in [6.45, 7) is 6.16. The number of nitrogens with two attached hydrogens (primary N) is 1. The molecule has 144 valence electrons. The summed E-state index contributed by atoms with van der Waals surface area (Å²) in [7, 11) is 1.71. The summed E-state index contributed by atoms with van der Waals surface area (Å²) in [4.78, 5) is 11.8. The molecule has 6 heteroatoms. The summed E-state index contributed by atoms with van der Waals surface area (Å²) in [6.07, 6.45) is 4.36. The second-order valence-electron chi connectivity index (χ2n) is 7.74. The third-order valence-corrected chi connectivity index (χ3v) is 6.00. The molecule has 1 saturated heterocycles. The van der Waals surface area contributed by atoms with Crippen LogP contribution in [0.4, 0.5) is 11.8 Å². The highest BCUT2D eigenvalue weighted by molar-refractivity contribution is 5.57. The van der Waals surface area contributed by atoms with Gasteiger partial charge in [0.15, 0.2) is 0 Å². The van der Waals surface area contributed by atoms with Crippen LogP contribution in [0.2, 0.25) is 0 Å². The number of rotatable bonds is 3. The van der Waals surface area contributed by atoms with Crippen molar-refractivity contribution in [3.8, 4) is 5.75 Å². The zero-order chi connectivity index (χ0) is 18.9.